The number of fused-ring (bicyclic) bond motifs is 1. The van der Waals surface area contributed by atoms with E-state index in [0.29, 0.717) is 18.6 Å². The zero-order chi connectivity index (χ0) is 16.5. The molecule has 24 heavy (non-hydrogen) atoms. The van der Waals surface area contributed by atoms with Gasteiger partial charge in [0.25, 0.3) is 0 Å². The monoisotopic (exact) mass is 328 g/mol. The molecule has 0 bridgehead atoms. The van der Waals surface area contributed by atoms with Crippen LogP contribution < -0.4 is 10.6 Å². The number of aliphatic imine (C=N–C) groups is 1. The third kappa shape index (κ3) is 2.91. The first kappa shape index (κ1) is 15.3. The lowest BCUT2D eigenvalue weighted by Crippen LogP contribution is -2.46. The number of nitrogens with one attached hydrogen (secondary N) is 2. The summed E-state index contributed by atoms with van der Waals surface area (Å²) in [6.07, 6.45) is 10.3. The van der Waals surface area contributed by atoms with Gasteiger partial charge in [-0.3, -0.25) is 9.98 Å². The Balaban J connectivity index is 1.52. The second-order valence-corrected chi connectivity index (χ2v) is 6.43. The largest absolute Gasteiger partial charge is 0.364 e. The molecule has 126 valence electrons. The molecule has 0 spiro atoms. The van der Waals surface area contributed by atoms with Crippen molar-refractivity contribution in [2.75, 3.05) is 18.4 Å². The second kappa shape index (κ2) is 6.32. The van der Waals surface area contributed by atoms with Crippen LogP contribution in [0.3, 0.4) is 0 Å². The van der Waals surface area contributed by atoms with E-state index in [1.807, 2.05) is 4.90 Å². The van der Waals surface area contributed by atoms with Crippen molar-refractivity contribution in [1.29, 1.82) is 0 Å². The van der Waals surface area contributed by atoms with Gasteiger partial charge in [-0.1, -0.05) is 0 Å². The van der Waals surface area contributed by atoms with E-state index < -0.39 is 0 Å². The number of hydrogen-bond donors (Lipinski definition) is 2. The molecule has 3 aliphatic heterocycles. The van der Waals surface area contributed by atoms with Gasteiger partial charge in [-0.05, 0) is 38.5 Å². The fraction of sp³-hybridized carbons (Fsp3) is 0.471. The van der Waals surface area contributed by atoms with Crippen LogP contribution in [-0.4, -0.2) is 45.9 Å². The molecule has 2 N–H and O–H groups in total. The minimum atomic E-state index is -0.273. The standard InChI is InChI=1S/C17H21FN6/c1-11-13(3-2-6-20-11)22-16-9-19-7-14(23-16)15-8-21-17-5-4-12(18)10-24(15)17/h4-5,7,9-11,13,15,20H,2-3,6,8H2,1H3,(H,22,23)/t11-,13+,15?/m0/s1. The molecule has 4 rings (SSSR count). The van der Waals surface area contributed by atoms with Crippen molar-refractivity contribution < 1.29 is 4.39 Å². The molecule has 0 aromatic carbocycles. The number of halogens is 1. The normalized spacial score (nSPS) is 29.1. The molecule has 1 aromatic heterocycles. The van der Waals surface area contributed by atoms with E-state index in [-0.39, 0.29) is 11.9 Å². The van der Waals surface area contributed by atoms with Gasteiger partial charge in [-0.2, -0.15) is 0 Å². The highest BCUT2D eigenvalue weighted by atomic mass is 19.1. The Kier molecular flexibility index (Phi) is 4.02. The number of hydrogen-bond acceptors (Lipinski definition) is 6. The van der Waals surface area contributed by atoms with Crippen LogP contribution in [-0.2, 0) is 0 Å². The Morgan fingerprint density at radius 3 is 3.12 bits per heavy atom. The molecule has 6 nitrogen and oxygen atoms in total. The summed E-state index contributed by atoms with van der Waals surface area (Å²) in [7, 11) is 0. The highest BCUT2D eigenvalue weighted by Gasteiger charge is 2.30. The quantitative estimate of drug-likeness (QED) is 0.890. The van der Waals surface area contributed by atoms with Crippen molar-refractivity contribution in [2.24, 2.45) is 4.99 Å². The Morgan fingerprint density at radius 2 is 2.25 bits per heavy atom. The van der Waals surface area contributed by atoms with Crippen molar-refractivity contribution in [1.82, 2.24) is 20.2 Å². The minimum Gasteiger partial charge on any atom is -0.364 e. The van der Waals surface area contributed by atoms with Gasteiger partial charge < -0.3 is 15.5 Å². The fourth-order valence-electron chi connectivity index (χ4n) is 3.41. The maximum Gasteiger partial charge on any atom is 0.145 e. The van der Waals surface area contributed by atoms with E-state index in [1.165, 1.54) is 12.3 Å². The van der Waals surface area contributed by atoms with Gasteiger partial charge in [0.1, 0.15) is 17.5 Å². The number of nitrogens with zero attached hydrogens (tertiary/aromatic N) is 4. The van der Waals surface area contributed by atoms with Gasteiger partial charge in [0.05, 0.1) is 30.7 Å². The molecule has 1 unspecified atom stereocenters. The molecule has 1 saturated heterocycles. The summed E-state index contributed by atoms with van der Waals surface area (Å²) in [5.74, 6) is 1.26. The smallest absolute Gasteiger partial charge is 0.145 e. The molecule has 1 aromatic rings. The summed E-state index contributed by atoms with van der Waals surface area (Å²) in [4.78, 5) is 15.3. The van der Waals surface area contributed by atoms with Crippen LogP contribution in [0.5, 0.6) is 0 Å². The second-order valence-electron chi connectivity index (χ2n) is 6.43. The van der Waals surface area contributed by atoms with Crippen molar-refractivity contribution in [3.05, 3.63) is 42.3 Å². The minimum absolute atomic E-state index is 0.105. The average molecular weight is 328 g/mol. The molecule has 7 heteroatoms. The van der Waals surface area contributed by atoms with Gasteiger partial charge in [0.2, 0.25) is 0 Å². The molecular formula is C17H21FN6. The highest BCUT2D eigenvalue weighted by Crippen LogP contribution is 2.29. The van der Waals surface area contributed by atoms with Crippen LogP contribution in [0, 0.1) is 0 Å². The van der Waals surface area contributed by atoms with Gasteiger partial charge in [0, 0.05) is 18.3 Å². The number of aromatic nitrogens is 2. The summed E-state index contributed by atoms with van der Waals surface area (Å²) in [5, 5.41) is 6.95. The third-order valence-corrected chi connectivity index (χ3v) is 4.77. The van der Waals surface area contributed by atoms with Crippen LogP contribution >= 0.6 is 0 Å². The highest BCUT2D eigenvalue weighted by molar-refractivity contribution is 5.96. The summed E-state index contributed by atoms with van der Waals surface area (Å²) in [6.45, 7) is 3.80. The molecular weight excluding hydrogens is 307 g/mol. The zero-order valence-electron chi connectivity index (χ0n) is 13.6. The third-order valence-electron chi connectivity index (χ3n) is 4.77. The van der Waals surface area contributed by atoms with E-state index in [1.54, 1.807) is 18.5 Å². The van der Waals surface area contributed by atoms with Crippen LogP contribution in [0.25, 0.3) is 0 Å². The van der Waals surface area contributed by atoms with Crippen molar-refractivity contribution in [3.8, 4) is 0 Å². The number of allylic oxidation sites excluding steroid dienone is 2. The first-order valence-corrected chi connectivity index (χ1v) is 8.41. The lowest BCUT2D eigenvalue weighted by atomic mass is 10.00. The summed E-state index contributed by atoms with van der Waals surface area (Å²) < 4.78 is 13.6. The zero-order valence-corrected chi connectivity index (χ0v) is 13.6. The number of anilines is 1. The summed E-state index contributed by atoms with van der Waals surface area (Å²) in [5.41, 5.74) is 0.800. The molecule has 0 aliphatic carbocycles. The number of piperidine rings is 1. The molecule has 3 aliphatic rings. The first-order chi connectivity index (χ1) is 11.7. The Bertz CT molecular complexity index is 713. The van der Waals surface area contributed by atoms with E-state index >= 15 is 0 Å². The summed E-state index contributed by atoms with van der Waals surface area (Å²) >= 11 is 0. The van der Waals surface area contributed by atoms with Gasteiger partial charge in [0.15, 0.2) is 0 Å². The van der Waals surface area contributed by atoms with Crippen LogP contribution in [0.15, 0.2) is 41.6 Å². The van der Waals surface area contributed by atoms with Gasteiger partial charge in [-0.25, -0.2) is 9.37 Å². The Hall–Kier alpha value is -2.28. The first-order valence-electron chi connectivity index (χ1n) is 8.41. The van der Waals surface area contributed by atoms with Crippen LogP contribution in [0.1, 0.15) is 31.5 Å². The number of rotatable bonds is 3. The Morgan fingerprint density at radius 1 is 1.33 bits per heavy atom. The molecule has 3 atom stereocenters. The molecule has 1 fully saturated rings. The lowest BCUT2D eigenvalue weighted by Gasteiger charge is -2.31. The predicted octanol–water partition coefficient (Wildman–Crippen LogP) is 2.16. The maximum atomic E-state index is 13.6. The maximum absolute atomic E-state index is 13.6. The average Bonchev–Trinajstić information content (AvgIpc) is 3.00. The number of amidine groups is 1. The van der Waals surface area contributed by atoms with E-state index in [4.69, 9.17) is 4.98 Å². The van der Waals surface area contributed by atoms with Crippen molar-refractivity contribution >= 4 is 11.7 Å². The topological polar surface area (TPSA) is 65.4 Å². The van der Waals surface area contributed by atoms with Crippen LogP contribution in [0.4, 0.5) is 10.2 Å². The molecule has 0 saturated carbocycles. The van der Waals surface area contributed by atoms with Crippen LogP contribution in [0.2, 0.25) is 0 Å². The Labute approximate surface area is 140 Å². The van der Waals surface area contributed by atoms with E-state index in [0.717, 1.165) is 36.7 Å². The van der Waals surface area contributed by atoms with E-state index in [2.05, 4.69) is 27.5 Å². The van der Waals surface area contributed by atoms with Crippen molar-refractivity contribution in [2.45, 2.75) is 37.9 Å². The van der Waals surface area contributed by atoms with E-state index in [9.17, 15) is 4.39 Å². The lowest BCUT2D eigenvalue weighted by molar-refractivity contribution is 0.388. The summed E-state index contributed by atoms with van der Waals surface area (Å²) in [6, 6.07) is 0.635. The van der Waals surface area contributed by atoms with Gasteiger partial charge >= 0.3 is 0 Å². The molecule has 0 radical (unpaired) electrons. The molecule has 0 amide bonds. The van der Waals surface area contributed by atoms with Crippen molar-refractivity contribution in [3.63, 3.8) is 0 Å². The fourth-order valence-corrected chi connectivity index (χ4v) is 3.41. The SMILES string of the molecule is C[C@@H]1NCCC[C@H]1Nc1cncc(C2CN=C3C=CC(F)=CN32)n1. The van der Waals surface area contributed by atoms with Gasteiger partial charge in [-0.15, -0.1) is 0 Å². The predicted molar refractivity (Wildman–Crippen MR) is 91.4 cm³/mol. The molecule has 4 heterocycles.